The first-order valence-electron chi connectivity index (χ1n) is 9.69. The van der Waals surface area contributed by atoms with Gasteiger partial charge in [0.1, 0.15) is 23.3 Å². The van der Waals surface area contributed by atoms with E-state index in [9.17, 15) is 13.2 Å². The average molecular weight is 451 g/mol. The third-order valence-corrected chi connectivity index (χ3v) is 6.15. The topological polar surface area (TPSA) is 94.2 Å². The lowest BCUT2D eigenvalue weighted by Crippen LogP contribution is -2.48. The van der Waals surface area contributed by atoms with E-state index in [0.29, 0.717) is 28.5 Å². The average Bonchev–Trinajstić information content (AvgIpc) is 2.72. The first-order valence-corrected chi connectivity index (χ1v) is 11.5. The van der Waals surface area contributed by atoms with Crippen molar-refractivity contribution in [2.45, 2.75) is 32.9 Å². The van der Waals surface area contributed by atoms with E-state index in [0.717, 1.165) is 16.1 Å². The van der Waals surface area contributed by atoms with E-state index in [1.54, 1.807) is 44.4 Å². The van der Waals surface area contributed by atoms with Gasteiger partial charge in [0.2, 0.25) is 15.9 Å². The largest absolute Gasteiger partial charge is 0.497 e. The Morgan fingerprint density at radius 3 is 2.13 bits per heavy atom. The van der Waals surface area contributed by atoms with Gasteiger partial charge < -0.3 is 19.5 Å². The fourth-order valence-electron chi connectivity index (χ4n) is 3.34. The lowest BCUT2D eigenvalue weighted by molar-refractivity contribution is -0.122. The maximum atomic E-state index is 13.1. The maximum Gasteiger partial charge on any atom is 0.244 e. The van der Waals surface area contributed by atoms with Crippen LogP contribution in [0.15, 0.2) is 36.4 Å². The second-order valence-corrected chi connectivity index (χ2v) is 9.11. The van der Waals surface area contributed by atoms with Crippen molar-refractivity contribution in [3.63, 3.8) is 0 Å². The van der Waals surface area contributed by atoms with Gasteiger partial charge in [-0.3, -0.25) is 9.10 Å². The molecule has 0 aromatic heterocycles. The Hall–Kier alpha value is -2.94. The summed E-state index contributed by atoms with van der Waals surface area (Å²) in [6.07, 6.45) is 1.06. The van der Waals surface area contributed by atoms with Crippen LogP contribution in [0.25, 0.3) is 0 Å². The lowest BCUT2D eigenvalue weighted by Gasteiger charge is -2.30. The van der Waals surface area contributed by atoms with E-state index in [-0.39, 0.29) is 0 Å². The number of carbonyl (C=O) groups is 1. The van der Waals surface area contributed by atoms with Crippen LogP contribution in [-0.2, 0) is 14.8 Å². The molecule has 0 unspecified atom stereocenters. The van der Waals surface area contributed by atoms with Crippen LogP contribution in [0.5, 0.6) is 17.2 Å². The molecule has 2 rings (SSSR count). The summed E-state index contributed by atoms with van der Waals surface area (Å²) in [5.41, 5.74) is 1.85. The Labute approximate surface area is 184 Å². The number of nitrogens with zero attached hydrogens (tertiary/aromatic N) is 1. The van der Waals surface area contributed by atoms with Crippen LogP contribution >= 0.6 is 0 Å². The predicted molar refractivity (Wildman–Crippen MR) is 121 cm³/mol. The highest BCUT2D eigenvalue weighted by molar-refractivity contribution is 7.92. The molecular formula is C22H30N2O6S. The Kier molecular flexibility index (Phi) is 7.78. The summed E-state index contributed by atoms with van der Waals surface area (Å²) >= 11 is 0. The first kappa shape index (κ1) is 24.3. The monoisotopic (exact) mass is 450 g/mol. The van der Waals surface area contributed by atoms with Crippen LogP contribution in [0.4, 0.5) is 5.69 Å². The molecule has 170 valence electrons. The quantitative estimate of drug-likeness (QED) is 0.631. The number of sulfonamides is 1. The summed E-state index contributed by atoms with van der Waals surface area (Å²) in [4.78, 5) is 13.1. The van der Waals surface area contributed by atoms with Crippen molar-refractivity contribution in [2.75, 3.05) is 31.9 Å². The molecule has 31 heavy (non-hydrogen) atoms. The molecule has 2 aromatic rings. The van der Waals surface area contributed by atoms with E-state index in [4.69, 9.17) is 14.2 Å². The molecule has 2 aromatic carbocycles. The van der Waals surface area contributed by atoms with Crippen LogP contribution < -0.4 is 23.8 Å². The molecule has 0 fully saturated rings. The third-order valence-electron chi connectivity index (χ3n) is 4.92. The lowest BCUT2D eigenvalue weighted by atomic mass is 10.1. The van der Waals surface area contributed by atoms with Gasteiger partial charge >= 0.3 is 0 Å². The highest BCUT2D eigenvalue weighted by Crippen LogP contribution is 2.33. The van der Waals surface area contributed by atoms with Crippen molar-refractivity contribution in [3.8, 4) is 17.2 Å². The minimum Gasteiger partial charge on any atom is -0.497 e. The molecule has 1 N–H and O–H groups in total. The number of aryl methyl sites for hydroxylation is 1. The van der Waals surface area contributed by atoms with Gasteiger partial charge in [-0.05, 0) is 56.7 Å². The van der Waals surface area contributed by atoms with Gasteiger partial charge in [-0.2, -0.15) is 0 Å². The van der Waals surface area contributed by atoms with Crippen LogP contribution in [0.2, 0.25) is 0 Å². The zero-order chi connectivity index (χ0) is 23.3. The van der Waals surface area contributed by atoms with Gasteiger partial charge in [0.05, 0.1) is 39.3 Å². The number of carbonyl (C=O) groups excluding carboxylic acids is 1. The fourth-order valence-corrected chi connectivity index (χ4v) is 4.51. The fraction of sp³-hybridized carbons (Fsp3) is 0.409. The Morgan fingerprint density at radius 1 is 0.968 bits per heavy atom. The van der Waals surface area contributed by atoms with Crippen molar-refractivity contribution in [3.05, 3.63) is 47.5 Å². The summed E-state index contributed by atoms with van der Waals surface area (Å²) in [5, 5.41) is 2.87. The van der Waals surface area contributed by atoms with Crippen LogP contribution in [0.1, 0.15) is 31.0 Å². The summed E-state index contributed by atoms with van der Waals surface area (Å²) in [6.45, 7) is 5.17. The first-order chi connectivity index (χ1) is 14.5. The van der Waals surface area contributed by atoms with Gasteiger partial charge in [-0.25, -0.2) is 8.42 Å². The van der Waals surface area contributed by atoms with Crippen molar-refractivity contribution in [2.24, 2.45) is 0 Å². The van der Waals surface area contributed by atoms with E-state index in [1.807, 2.05) is 13.0 Å². The van der Waals surface area contributed by atoms with Gasteiger partial charge in [0.25, 0.3) is 0 Å². The van der Waals surface area contributed by atoms with Crippen LogP contribution in [0, 0.1) is 6.92 Å². The molecule has 8 nitrogen and oxygen atoms in total. The van der Waals surface area contributed by atoms with E-state index in [2.05, 4.69) is 5.32 Å². The molecule has 0 radical (unpaired) electrons. The predicted octanol–water partition coefficient (Wildman–Crippen LogP) is 3.05. The number of ether oxygens (including phenoxy) is 3. The Balaban J connectivity index is 2.38. The number of amides is 1. The standard InChI is InChI=1S/C22H30N2O6S/c1-14-8-10-21(30-6)19(12-14)24(31(7,26)27)16(3)22(25)23-15(2)18-13-17(28-4)9-11-20(18)29-5/h8-13,15-16H,1-7H3,(H,23,25)/t15-,16-/m0/s1. The number of benzene rings is 2. The Bertz CT molecular complexity index is 1040. The number of hydrogen-bond donors (Lipinski definition) is 1. The minimum atomic E-state index is -3.79. The van der Waals surface area contributed by atoms with Gasteiger partial charge in [-0.1, -0.05) is 6.07 Å². The summed E-state index contributed by atoms with van der Waals surface area (Å²) in [6, 6.07) is 8.97. The molecule has 0 heterocycles. The van der Waals surface area contributed by atoms with Gasteiger partial charge in [0, 0.05) is 5.56 Å². The summed E-state index contributed by atoms with van der Waals surface area (Å²) in [5.74, 6) is 1.10. The molecule has 0 bridgehead atoms. The second-order valence-electron chi connectivity index (χ2n) is 7.25. The molecule has 1 amide bonds. The Morgan fingerprint density at radius 2 is 1.58 bits per heavy atom. The summed E-state index contributed by atoms with van der Waals surface area (Å²) in [7, 11) is 0.758. The zero-order valence-corrected chi connectivity index (χ0v) is 19.7. The number of hydrogen-bond acceptors (Lipinski definition) is 6. The molecule has 0 saturated carbocycles. The molecule has 0 aliphatic carbocycles. The highest BCUT2D eigenvalue weighted by Gasteiger charge is 2.32. The normalized spacial score (nSPS) is 13.1. The highest BCUT2D eigenvalue weighted by atomic mass is 32.2. The van der Waals surface area contributed by atoms with E-state index in [1.165, 1.54) is 21.1 Å². The van der Waals surface area contributed by atoms with E-state index >= 15 is 0 Å². The molecule has 9 heteroatoms. The van der Waals surface area contributed by atoms with Crippen LogP contribution in [-0.4, -0.2) is 48.0 Å². The number of nitrogens with one attached hydrogen (secondary N) is 1. The molecule has 0 aliphatic heterocycles. The molecular weight excluding hydrogens is 420 g/mol. The van der Waals surface area contributed by atoms with Crippen molar-refractivity contribution < 1.29 is 27.4 Å². The number of rotatable bonds is 9. The smallest absolute Gasteiger partial charge is 0.244 e. The van der Waals surface area contributed by atoms with Gasteiger partial charge in [0.15, 0.2) is 0 Å². The summed E-state index contributed by atoms with van der Waals surface area (Å²) < 4.78 is 42.4. The number of anilines is 1. The zero-order valence-electron chi connectivity index (χ0n) is 18.9. The van der Waals surface area contributed by atoms with Crippen molar-refractivity contribution in [1.82, 2.24) is 5.32 Å². The second kappa shape index (κ2) is 9.91. The third kappa shape index (κ3) is 5.61. The maximum absolute atomic E-state index is 13.1. The van der Waals surface area contributed by atoms with Crippen molar-refractivity contribution in [1.29, 1.82) is 0 Å². The molecule has 0 aliphatic rings. The van der Waals surface area contributed by atoms with Crippen LogP contribution in [0.3, 0.4) is 0 Å². The van der Waals surface area contributed by atoms with Crippen molar-refractivity contribution >= 4 is 21.6 Å². The molecule has 0 saturated heterocycles. The van der Waals surface area contributed by atoms with Gasteiger partial charge in [-0.15, -0.1) is 0 Å². The van der Waals surface area contributed by atoms with E-state index < -0.39 is 28.0 Å². The molecule has 0 spiro atoms. The number of methoxy groups -OCH3 is 3. The molecule has 2 atom stereocenters. The minimum absolute atomic E-state index is 0.305. The SMILES string of the molecule is COc1ccc(OC)c([C@H](C)NC(=O)[C@H](C)N(c2cc(C)ccc2OC)S(C)(=O)=O)c1.